The Bertz CT molecular complexity index is 2460. The molecule has 5 heterocycles. The van der Waals surface area contributed by atoms with E-state index in [1.807, 2.05) is 102 Å². The molecule has 1 aliphatic rings. The van der Waals surface area contributed by atoms with E-state index in [9.17, 15) is 24.9 Å². The molecule has 8 unspecified atom stereocenters. The molecule has 8 atom stereocenters. The molecule has 5 rings (SSSR count). The van der Waals surface area contributed by atoms with Crippen LogP contribution in [-0.2, 0) is 40.5 Å². The molecule has 0 aliphatic carbocycles. The van der Waals surface area contributed by atoms with Crippen LogP contribution in [0, 0.1) is 23.7 Å². The Labute approximate surface area is 532 Å². The Morgan fingerprint density at radius 3 is 1.04 bits per heavy atom. The van der Waals surface area contributed by atoms with Crippen LogP contribution in [0.2, 0.25) is 0 Å². The standard InChI is InChI=1S/C12H15ClO.C12H17NO.3C8H15N3OS.C7H11N3O.2CH5N.CH4S.H3N/c2*1-8(2)9(3)6-7-10(4)11(5)12(13)14;3*1-7(13-3)8(2,12)4-11-6-9-5-10-11;1-6-7(2,11-6)3-10-5-8-4-9-10;3*1-2;/h1-5H3;1-5H3,(H2,13,14);3*5-7,12H,4H2,1-3H3;4-6H,3H2,1-2H3;2*2H2,1H3;2H,1H3;1H3/b2*11-10-;;;;;;;;. The van der Waals surface area contributed by atoms with Crippen molar-refractivity contribution in [3.05, 3.63) is 95.2 Å². The number of hydrogen-bond donors (Lipinski definition) is 8. The first-order valence-electron chi connectivity index (χ1n) is 26.6. The second-order valence-corrected chi connectivity index (χ2v) is 23.9. The summed E-state index contributed by atoms with van der Waals surface area (Å²) in [6, 6.07) is 0. The first-order valence-corrected chi connectivity index (χ1v) is 31.7. The lowest BCUT2D eigenvalue weighted by atomic mass is 10.0. The Morgan fingerprint density at radius 1 is 0.588 bits per heavy atom. The van der Waals surface area contributed by atoms with Crippen LogP contribution >= 0.6 is 59.5 Å². The summed E-state index contributed by atoms with van der Waals surface area (Å²) in [6.07, 6.45) is 20.5. The van der Waals surface area contributed by atoms with Gasteiger partial charge < -0.3 is 43.4 Å². The van der Waals surface area contributed by atoms with Gasteiger partial charge in [0.1, 0.15) is 56.2 Å². The molecule has 0 aromatic carbocycles. The summed E-state index contributed by atoms with van der Waals surface area (Å²) in [6.45, 7) is 36.7. The van der Waals surface area contributed by atoms with E-state index in [1.165, 1.54) is 50.6 Å². The molecule has 85 heavy (non-hydrogen) atoms. The molecule has 0 saturated carbocycles. The molecule has 12 N–H and O–H groups in total. The molecular formula is C58H105ClN16O6S4. The minimum absolute atomic E-state index is 0. The highest BCUT2D eigenvalue weighted by molar-refractivity contribution is 7.99. The number of halogens is 1. The highest BCUT2D eigenvalue weighted by Crippen LogP contribution is 2.36. The number of allylic oxidation sites excluding steroid dienone is 7. The number of nitrogens with zero attached hydrogens (tertiary/aromatic N) is 12. The maximum Gasteiger partial charge on any atom is 0.248 e. The van der Waals surface area contributed by atoms with Gasteiger partial charge in [-0.15, -0.1) is 0 Å². The number of ether oxygens (including phenoxy) is 1. The highest BCUT2D eigenvalue weighted by atomic mass is 35.5. The number of amides is 1. The van der Waals surface area contributed by atoms with Gasteiger partial charge in [0.2, 0.25) is 11.1 Å². The quantitative estimate of drug-likeness (QED) is 0.0172. The molecule has 0 spiro atoms. The van der Waals surface area contributed by atoms with Gasteiger partial charge in [-0.2, -0.15) is 68.3 Å². The van der Waals surface area contributed by atoms with Crippen LogP contribution in [-0.4, -0.2) is 169 Å². The Balaban J connectivity index is -0.000000295. The lowest BCUT2D eigenvalue weighted by Crippen LogP contribution is -2.39. The van der Waals surface area contributed by atoms with Crippen molar-refractivity contribution >= 4 is 70.7 Å². The Kier molecular flexibility index (Phi) is 49.5. The largest absolute Gasteiger partial charge is 0.387 e. The first kappa shape index (κ1) is 88.9. The number of hydrogen-bond acceptors (Lipinski definition) is 21. The average molecular weight is 1290 g/mol. The second-order valence-electron chi connectivity index (χ2n) is 20.0. The number of rotatable bonds is 16. The van der Waals surface area contributed by atoms with E-state index in [0.717, 1.165) is 28.8 Å². The molecular weight excluding hydrogens is 1180 g/mol. The van der Waals surface area contributed by atoms with Gasteiger partial charge in [0, 0.05) is 38.0 Å². The number of epoxide rings is 1. The summed E-state index contributed by atoms with van der Waals surface area (Å²) >= 11 is 13.8. The fraction of sp³-hybridized carbons (Fsp3) is 0.621. The number of carbonyl (C=O) groups excluding carboxylic acids is 2. The fourth-order valence-electron chi connectivity index (χ4n) is 5.39. The minimum atomic E-state index is -0.743. The van der Waals surface area contributed by atoms with E-state index < -0.39 is 28.0 Å². The van der Waals surface area contributed by atoms with Gasteiger partial charge >= 0.3 is 0 Å². The van der Waals surface area contributed by atoms with Crippen LogP contribution in [0.25, 0.3) is 0 Å². The molecule has 0 radical (unpaired) electrons. The number of thioether (sulfide) groups is 3. The van der Waals surface area contributed by atoms with E-state index in [0.29, 0.717) is 36.9 Å². The molecule has 22 nitrogen and oxygen atoms in total. The number of aliphatic hydroxyl groups is 3. The molecule has 1 amide bonds. The van der Waals surface area contributed by atoms with Gasteiger partial charge in [0.05, 0.1) is 49.1 Å². The van der Waals surface area contributed by atoms with Crippen molar-refractivity contribution in [3.8, 4) is 23.7 Å². The van der Waals surface area contributed by atoms with E-state index in [1.54, 1.807) is 113 Å². The van der Waals surface area contributed by atoms with Gasteiger partial charge in [-0.1, -0.05) is 55.6 Å². The third-order valence-corrected chi connectivity index (χ3v) is 16.8. The van der Waals surface area contributed by atoms with Crippen molar-refractivity contribution in [2.75, 3.05) is 39.1 Å². The maximum atomic E-state index is 10.8. The van der Waals surface area contributed by atoms with Crippen LogP contribution in [0.1, 0.15) is 125 Å². The van der Waals surface area contributed by atoms with Crippen molar-refractivity contribution in [1.82, 2.24) is 65.2 Å². The number of aromatic nitrogens is 12. The van der Waals surface area contributed by atoms with Crippen molar-refractivity contribution in [2.45, 2.75) is 195 Å². The topological polar surface area (TPSA) is 343 Å². The van der Waals surface area contributed by atoms with Gasteiger partial charge in [-0.25, -0.2) is 24.6 Å². The summed E-state index contributed by atoms with van der Waals surface area (Å²) in [7, 11) is 3.00. The second kappa shape index (κ2) is 47.3. The Morgan fingerprint density at radius 2 is 0.835 bits per heavy atom. The predicted octanol–water partition coefficient (Wildman–Crippen LogP) is 8.27. The normalized spacial score (nSPS) is 16.8. The van der Waals surface area contributed by atoms with Crippen LogP contribution in [0.15, 0.2) is 95.2 Å². The number of thiol groups is 1. The van der Waals surface area contributed by atoms with E-state index in [4.69, 9.17) is 22.1 Å². The van der Waals surface area contributed by atoms with Gasteiger partial charge in [0.15, 0.2) is 0 Å². The average Bonchev–Trinajstić information content (AvgIpc) is 4.07. The SMILES string of the molecule is CC(C)=C(C)C#C/C(C)=C(/C)C(=O)Cl.CC(C)=C(C)C#C/C(C)=C(/C)C(N)=O.CC1OC1(C)Cn1cncn1.CN.CN.CS.CSC(C)C(C)(O)Cn1cncn1.CSC(C)C(C)(O)Cn1cncn1.CSC(C)C(C)(O)Cn1cncn1.N. The molecule has 1 fully saturated rings. The molecule has 4 aromatic rings. The maximum absolute atomic E-state index is 10.8. The van der Waals surface area contributed by atoms with Crippen molar-refractivity contribution < 1.29 is 29.6 Å². The zero-order chi connectivity index (χ0) is 66.2. The molecule has 27 heteroatoms. The molecule has 484 valence electrons. The monoisotopic (exact) mass is 1280 g/mol. The fourth-order valence-corrected chi connectivity index (χ4v) is 7.28. The number of nitrogens with two attached hydrogens (primary N) is 3. The van der Waals surface area contributed by atoms with Crippen molar-refractivity contribution in [2.24, 2.45) is 17.2 Å². The van der Waals surface area contributed by atoms with Crippen LogP contribution in [0.5, 0.6) is 0 Å². The third-order valence-electron chi connectivity index (χ3n) is 12.9. The van der Waals surface area contributed by atoms with Crippen LogP contribution in [0.3, 0.4) is 0 Å². The zero-order valence-corrected chi connectivity index (χ0v) is 59.3. The zero-order valence-electron chi connectivity index (χ0n) is 55.2. The summed E-state index contributed by atoms with van der Waals surface area (Å²) < 4.78 is 12.1. The number of carbonyl (C=O) groups is 2. The third kappa shape index (κ3) is 38.9. The predicted molar refractivity (Wildman–Crippen MR) is 360 cm³/mol. The molecule has 4 aromatic heterocycles. The van der Waals surface area contributed by atoms with Crippen LogP contribution in [0.4, 0.5) is 0 Å². The Hall–Kier alpha value is -4.81. The van der Waals surface area contributed by atoms with E-state index in [-0.39, 0.29) is 27.5 Å². The summed E-state index contributed by atoms with van der Waals surface area (Å²) in [5, 5.41) is 46.1. The van der Waals surface area contributed by atoms with Crippen molar-refractivity contribution in [1.29, 1.82) is 0 Å². The summed E-state index contributed by atoms with van der Waals surface area (Å²) in [5.74, 6) is 11.4. The van der Waals surface area contributed by atoms with E-state index in [2.05, 4.69) is 102 Å². The van der Waals surface area contributed by atoms with Gasteiger partial charge in [0.25, 0.3) is 0 Å². The van der Waals surface area contributed by atoms with E-state index >= 15 is 0 Å². The smallest absolute Gasteiger partial charge is 0.248 e. The summed E-state index contributed by atoms with van der Waals surface area (Å²) in [5.41, 5.74) is 18.8. The highest BCUT2D eigenvalue weighted by Gasteiger charge is 2.49. The van der Waals surface area contributed by atoms with Crippen molar-refractivity contribution in [3.63, 3.8) is 0 Å². The minimum Gasteiger partial charge on any atom is -0.387 e. The summed E-state index contributed by atoms with van der Waals surface area (Å²) in [4.78, 5) is 36.9. The van der Waals surface area contributed by atoms with Gasteiger partial charge in [-0.3, -0.25) is 23.6 Å². The molecule has 1 aliphatic heterocycles. The number of primary amides is 1. The molecule has 1 saturated heterocycles. The van der Waals surface area contributed by atoms with Crippen LogP contribution < -0.4 is 23.4 Å². The lowest BCUT2D eigenvalue weighted by Gasteiger charge is -2.28. The van der Waals surface area contributed by atoms with Gasteiger partial charge in [-0.05, 0) is 166 Å². The lowest BCUT2D eigenvalue weighted by molar-refractivity contribution is -0.114. The molecule has 0 bridgehead atoms. The first-order chi connectivity index (χ1) is 39.1.